The van der Waals surface area contributed by atoms with Gasteiger partial charge in [-0.25, -0.2) is 4.68 Å². The minimum atomic E-state index is -0.464. The van der Waals surface area contributed by atoms with Crippen molar-refractivity contribution < 1.29 is 9.53 Å². The Labute approximate surface area is 150 Å². The van der Waals surface area contributed by atoms with Crippen molar-refractivity contribution in [2.75, 3.05) is 7.11 Å². The van der Waals surface area contributed by atoms with Crippen molar-refractivity contribution in [3.8, 4) is 17.0 Å². The maximum atomic E-state index is 12.5. The number of amides is 1. The Morgan fingerprint density at radius 3 is 2.62 bits per heavy atom. The van der Waals surface area contributed by atoms with Crippen LogP contribution in [0.2, 0.25) is 0 Å². The van der Waals surface area contributed by atoms with Crippen LogP contribution in [0, 0.1) is 0 Å². The average molecular weight is 350 g/mol. The van der Waals surface area contributed by atoms with Crippen molar-refractivity contribution in [2.45, 2.75) is 6.54 Å². The van der Waals surface area contributed by atoms with Crippen molar-refractivity contribution in [2.24, 2.45) is 7.05 Å². The molecule has 0 aliphatic carbocycles. The number of rotatable bonds is 5. The van der Waals surface area contributed by atoms with Crippen molar-refractivity contribution in [1.29, 1.82) is 0 Å². The lowest BCUT2D eigenvalue weighted by atomic mass is 10.1. The van der Waals surface area contributed by atoms with Gasteiger partial charge in [-0.2, -0.15) is 5.10 Å². The molecule has 0 spiro atoms. The summed E-state index contributed by atoms with van der Waals surface area (Å²) < 4.78 is 6.30. The molecular weight excluding hydrogens is 332 g/mol. The molecule has 3 rings (SSSR count). The molecule has 0 bridgehead atoms. The molecule has 2 aromatic heterocycles. The number of hydrogen-bond donors (Lipinski definition) is 1. The fourth-order valence-corrected chi connectivity index (χ4v) is 2.44. The molecule has 0 unspecified atom stereocenters. The third-order valence-electron chi connectivity index (χ3n) is 3.85. The van der Waals surface area contributed by atoms with Crippen LogP contribution in [0.1, 0.15) is 16.1 Å². The molecule has 0 fully saturated rings. The lowest BCUT2D eigenvalue weighted by Crippen LogP contribution is -2.33. The number of aromatic nitrogens is 3. The highest BCUT2D eigenvalue weighted by Crippen LogP contribution is 2.20. The lowest BCUT2D eigenvalue weighted by Gasteiger charge is -2.09. The molecule has 3 aromatic rings. The molecule has 7 nitrogen and oxygen atoms in total. The number of carbonyl (C=O) groups is 1. The molecule has 1 amide bonds. The second kappa shape index (κ2) is 7.60. The van der Waals surface area contributed by atoms with E-state index in [1.165, 1.54) is 13.1 Å². The first-order chi connectivity index (χ1) is 12.6. The zero-order valence-corrected chi connectivity index (χ0v) is 14.5. The summed E-state index contributed by atoms with van der Waals surface area (Å²) in [5.41, 5.74) is 1.59. The van der Waals surface area contributed by atoms with Crippen LogP contribution in [-0.4, -0.2) is 27.8 Å². The molecule has 0 aliphatic heterocycles. The van der Waals surface area contributed by atoms with Crippen LogP contribution in [0.4, 0.5) is 0 Å². The van der Waals surface area contributed by atoms with Gasteiger partial charge in [0.05, 0.1) is 25.0 Å². The van der Waals surface area contributed by atoms with Crippen LogP contribution in [0.15, 0.2) is 59.5 Å². The summed E-state index contributed by atoms with van der Waals surface area (Å²) in [5.74, 6) is 0.250. The Bertz CT molecular complexity index is 966. The van der Waals surface area contributed by atoms with Gasteiger partial charge in [-0.1, -0.05) is 6.07 Å². The smallest absolute Gasteiger partial charge is 0.279 e. The highest BCUT2D eigenvalue weighted by atomic mass is 16.5. The van der Waals surface area contributed by atoms with E-state index in [9.17, 15) is 9.59 Å². The summed E-state index contributed by atoms with van der Waals surface area (Å²) in [7, 11) is 3.11. The van der Waals surface area contributed by atoms with Gasteiger partial charge in [-0.3, -0.25) is 14.6 Å². The Morgan fingerprint density at radius 2 is 1.96 bits per heavy atom. The summed E-state index contributed by atoms with van der Waals surface area (Å²) in [5, 5.41) is 6.95. The molecular formula is C19H18N4O3. The van der Waals surface area contributed by atoms with Gasteiger partial charge < -0.3 is 10.1 Å². The summed E-state index contributed by atoms with van der Waals surface area (Å²) in [6.07, 6.45) is 1.65. The van der Waals surface area contributed by atoms with Crippen LogP contribution >= 0.6 is 0 Å². The van der Waals surface area contributed by atoms with E-state index >= 15 is 0 Å². The van der Waals surface area contributed by atoms with Gasteiger partial charge in [0, 0.05) is 18.8 Å². The quantitative estimate of drug-likeness (QED) is 0.758. The standard InChI is InChI=1S/C19H18N4O3/c1-23-19(25)16(18(24)21-12-14-5-3-4-10-20-14)11-17(22-23)13-6-8-15(26-2)9-7-13/h3-11H,12H2,1-2H3,(H,21,24). The predicted octanol–water partition coefficient (Wildman–Crippen LogP) is 1.78. The Kier molecular flexibility index (Phi) is 5.07. The van der Waals surface area contributed by atoms with Gasteiger partial charge in [0.25, 0.3) is 11.5 Å². The first kappa shape index (κ1) is 17.3. The largest absolute Gasteiger partial charge is 0.497 e. The molecule has 0 saturated heterocycles. The van der Waals surface area contributed by atoms with Gasteiger partial charge in [0.15, 0.2) is 0 Å². The maximum Gasteiger partial charge on any atom is 0.279 e. The van der Waals surface area contributed by atoms with Crippen LogP contribution in [0.5, 0.6) is 5.75 Å². The second-order valence-corrected chi connectivity index (χ2v) is 5.60. The lowest BCUT2D eigenvalue weighted by molar-refractivity contribution is 0.0948. The number of nitrogens with zero attached hydrogens (tertiary/aromatic N) is 3. The fourth-order valence-electron chi connectivity index (χ4n) is 2.44. The van der Waals surface area contributed by atoms with Gasteiger partial charge in [0.2, 0.25) is 0 Å². The highest BCUT2D eigenvalue weighted by molar-refractivity contribution is 5.94. The minimum absolute atomic E-state index is 0.0317. The first-order valence-electron chi connectivity index (χ1n) is 7.99. The summed E-state index contributed by atoms with van der Waals surface area (Å²) >= 11 is 0. The number of ether oxygens (including phenoxy) is 1. The number of carbonyl (C=O) groups excluding carboxylic acids is 1. The van der Waals surface area contributed by atoms with E-state index in [4.69, 9.17) is 4.74 Å². The van der Waals surface area contributed by atoms with Gasteiger partial charge in [-0.05, 0) is 42.5 Å². The number of nitrogens with one attached hydrogen (secondary N) is 1. The Balaban J connectivity index is 1.87. The van der Waals surface area contributed by atoms with E-state index in [2.05, 4.69) is 15.4 Å². The minimum Gasteiger partial charge on any atom is -0.497 e. The normalized spacial score (nSPS) is 10.4. The number of methoxy groups -OCH3 is 1. The molecule has 132 valence electrons. The van der Waals surface area contributed by atoms with E-state index < -0.39 is 11.5 Å². The van der Waals surface area contributed by atoms with Gasteiger partial charge in [-0.15, -0.1) is 0 Å². The van der Waals surface area contributed by atoms with E-state index in [-0.39, 0.29) is 12.1 Å². The van der Waals surface area contributed by atoms with Crippen molar-refractivity contribution in [3.05, 3.63) is 76.3 Å². The van der Waals surface area contributed by atoms with Crippen LogP contribution in [0.25, 0.3) is 11.3 Å². The van der Waals surface area contributed by atoms with Crippen molar-refractivity contribution >= 4 is 5.91 Å². The van der Waals surface area contributed by atoms with Gasteiger partial charge in [0.1, 0.15) is 11.3 Å². The first-order valence-corrected chi connectivity index (χ1v) is 7.99. The van der Waals surface area contributed by atoms with Crippen LogP contribution < -0.4 is 15.6 Å². The van der Waals surface area contributed by atoms with Gasteiger partial charge >= 0.3 is 0 Å². The average Bonchev–Trinajstić information content (AvgIpc) is 2.69. The molecule has 0 saturated carbocycles. The van der Waals surface area contributed by atoms with Crippen molar-refractivity contribution in [1.82, 2.24) is 20.1 Å². The number of aryl methyl sites for hydroxylation is 1. The van der Waals surface area contributed by atoms with Crippen LogP contribution in [0.3, 0.4) is 0 Å². The molecule has 26 heavy (non-hydrogen) atoms. The predicted molar refractivity (Wildman–Crippen MR) is 96.9 cm³/mol. The van der Waals surface area contributed by atoms with Crippen LogP contribution in [-0.2, 0) is 13.6 Å². The number of benzene rings is 1. The highest BCUT2D eigenvalue weighted by Gasteiger charge is 2.15. The molecule has 1 N–H and O–H groups in total. The van der Waals surface area contributed by atoms with E-state index in [1.807, 2.05) is 18.2 Å². The van der Waals surface area contributed by atoms with E-state index in [0.717, 1.165) is 10.2 Å². The molecule has 2 heterocycles. The van der Waals surface area contributed by atoms with Crippen molar-refractivity contribution in [3.63, 3.8) is 0 Å². The summed E-state index contributed by atoms with van der Waals surface area (Å²) in [4.78, 5) is 28.9. The third kappa shape index (κ3) is 3.77. The molecule has 0 atom stereocenters. The monoisotopic (exact) mass is 350 g/mol. The summed E-state index contributed by atoms with van der Waals surface area (Å²) in [6.45, 7) is 0.239. The fraction of sp³-hybridized carbons (Fsp3) is 0.158. The SMILES string of the molecule is COc1ccc(-c2cc(C(=O)NCc3ccccn3)c(=O)n(C)n2)cc1. The second-order valence-electron chi connectivity index (χ2n) is 5.60. The molecule has 7 heteroatoms. The zero-order valence-electron chi connectivity index (χ0n) is 14.5. The zero-order chi connectivity index (χ0) is 18.5. The van der Waals surface area contributed by atoms with E-state index in [1.54, 1.807) is 37.6 Å². The number of pyridine rings is 1. The third-order valence-corrected chi connectivity index (χ3v) is 3.85. The number of hydrogen-bond acceptors (Lipinski definition) is 5. The Morgan fingerprint density at radius 1 is 1.19 bits per heavy atom. The summed E-state index contributed by atoms with van der Waals surface area (Å²) in [6, 6.07) is 14.2. The Hall–Kier alpha value is -3.48. The molecule has 1 aromatic carbocycles. The van der Waals surface area contributed by atoms with E-state index in [0.29, 0.717) is 17.1 Å². The topological polar surface area (TPSA) is 86.1 Å². The molecule has 0 aliphatic rings. The maximum absolute atomic E-state index is 12.5. The molecule has 0 radical (unpaired) electrons.